The Morgan fingerprint density at radius 3 is 2.62 bits per heavy atom. The van der Waals surface area contributed by atoms with E-state index in [-0.39, 0.29) is 5.82 Å². The molecule has 0 bridgehead atoms. The second-order valence-electron chi connectivity index (χ2n) is 5.87. The van der Waals surface area contributed by atoms with Crippen LogP contribution in [-0.4, -0.2) is 9.66 Å². The highest BCUT2D eigenvalue weighted by Crippen LogP contribution is 2.36. The Balaban J connectivity index is 2.03. The maximum Gasteiger partial charge on any atom is 0.150 e. The fraction of sp³-hybridized carbons (Fsp3) is 0.438. The first kappa shape index (κ1) is 13.9. The molecule has 1 heterocycles. The van der Waals surface area contributed by atoms with Crippen molar-refractivity contribution < 1.29 is 4.39 Å². The number of nitrogen functional groups attached to an aromatic ring is 2. The topological polar surface area (TPSA) is 69.9 Å². The van der Waals surface area contributed by atoms with Crippen LogP contribution in [0.3, 0.4) is 0 Å². The standard InChI is InChI=1S/C16H21FN4/c1-10-9-12(17)7-8-13(10)14-15(18)21(19)16(20-14)11-5-3-2-4-6-11/h7-9,11H,2-6,18-19H2,1H3. The number of aryl methyl sites for hydroxylation is 1. The van der Waals surface area contributed by atoms with Gasteiger partial charge in [0.05, 0.1) is 0 Å². The highest BCUT2D eigenvalue weighted by atomic mass is 19.1. The molecule has 0 atom stereocenters. The van der Waals surface area contributed by atoms with Crippen LogP contribution in [-0.2, 0) is 0 Å². The summed E-state index contributed by atoms with van der Waals surface area (Å²) < 4.78 is 14.8. The van der Waals surface area contributed by atoms with Gasteiger partial charge in [0.25, 0.3) is 0 Å². The molecule has 21 heavy (non-hydrogen) atoms. The number of aromatic nitrogens is 2. The second-order valence-corrected chi connectivity index (χ2v) is 5.87. The number of nitrogens with two attached hydrogens (primary N) is 2. The Morgan fingerprint density at radius 2 is 1.95 bits per heavy atom. The van der Waals surface area contributed by atoms with E-state index in [4.69, 9.17) is 11.6 Å². The van der Waals surface area contributed by atoms with Gasteiger partial charge in [-0.25, -0.2) is 14.1 Å². The molecule has 0 spiro atoms. The van der Waals surface area contributed by atoms with Gasteiger partial charge in [-0.2, -0.15) is 0 Å². The molecule has 0 amide bonds. The smallest absolute Gasteiger partial charge is 0.150 e. The highest BCUT2D eigenvalue weighted by molar-refractivity contribution is 5.73. The normalized spacial score (nSPS) is 16.3. The predicted octanol–water partition coefficient (Wildman–Crippen LogP) is 3.34. The van der Waals surface area contributed by atoms with E-state index in [2.05, 4.69) is 4.98 Å². The molecule has 0 saturated heterocycles. The third-order valence-electron chi connectivity index (χ3n) is 4.39. The van der Waals surface area contributed by atoms with Crippen molar-refractivity contribution in [2.75, 3.05) is 11.6 Å². The van der Waals surface area contributed by atoms with E-state index in [1.54, 1.807) is 6.07 Å². The van der Waals surface area contributed by atoms with Gasteiger partial charge < -0.3 is 11.6 Å². The van der Waals surface area contributed by atoms with Crippen molar-refractivity contribution >= 4 is 5.82 Å². The first-order valence-electron chi connectivity index (χ1n) is 7.47. The molecule has 0 aliphatic heterocycles. The number of imidazole rings is 1. The van der Waals surface area contributed by atoms with Crippen molar-refractivity contribution in [3.63, 3.8) is 0 Å². The number of halogens is 1. The van der Waals surface area contributed by atoms with Crippen LogP contribution < -0.4 is 11.6 Å². The number of nitrogens with zero attached hydrogens (tertiary/aromatic N) is 2. The quantitative estimate of drug-likeness (QED) is 0.833. The number of anilines is 1. The van der Waals surface area contributed by atoms with Crippen molar-refractivity contribution in [2.45, 2.75) is 44.9 Å². The fourth-order valence-electron chi connectivity index (χ4n) is 3.20. The van der Waals surface area contributed by atoms with Crippen molar-refractivity contribution in [3.8, 4) is 11.3 Å². The van der Waals surface area contributed by atoms with Gasteiger partial charge in [-0.1, -0.05) is 19.3 Å². The van der Waals surface area contributed by atoms with Crippen LogP contribution in [0.2, 0.25) is 0 Å². The Labute approximate surface area is 123 Å². The molecule has 3 rings (SSSR count). The molecule has 1 aromatic heterocycles. The van der Waals surface area contributed by atoms with E-state index >= 15 is 0 Å². The molecule has 1 aliphatic rings. The summed E-state index contributed by atoms with van der Waals surface area (Å²) in [4.78, 5) is 4.68. The minimum absolute atomic E-state index is 0.255. The van der Waals surface area contributed by atoms with Gasteiger partial charge >= 0.3 is 0 Å². The predicted molar refractivity (Wildman–Crippen MR) is 82.7 cm³/mol. The van der Waals surface area contributed by atoms with Gasteiger partial charge in [-0.05, 0) is 43.5 Å². The lowest BCUT2D eigenvalue weighted by molar-refractivity contribution is 0.424. The molecule has 112 valence electrons. The molecule has 1 aliphatic carbocycles. The minimum atomic E-state index is -0.255. The maximum atomic E-state index is 13.3. The number of benzene rings is 1. The highest BCUT2D eigenvalue weighted by Gasteiger charge is 2.24. The minimum Gasteiger partial charge on any atom is -0.382 e. The van der Waals surface area contributed by atoms with Gasteiger partial charge in [0.15, 0.2) is 5.82 Å². The van der Waals surface area contributed by atoms with Crippen LogP contribution in [0.25, 0.3) is 11.3 Å². The van der Waals surface area contributed by atoms with Gasteiger partial charge in [-0.3, -0.25) is 0 Å². The summed E-state index contributed by atoms with van der Waals surface area (Å²) >= 11 is 0. The number of hydrogen-bond acceptors (Lipinski definition) is 3. The van der Waals surface area contributed by atoms with Gasteiger partial charge in [-0.15, -0.1) is 0 Å². The average molecular weight is 288 g/mol. The van der Waals surface area contributed by atoms with Crippen molar-refractivity contribution in [1.29, 1.82) is 0 Å². The summed E-state index contributed by atoms with van der Waals surface area (Å²) in [5.41, 5.74) is 8.45. The lowest BCUT2D eigenvalue weighted by Gasteiger charge is -2.20. The molecule has 4 nitrogen and oxygen atoms in total. The van der Waals surface area contributed by atoms with E-state index < -0.39 is 0 Å². The van der Waals surface area contributed by atoms with Crippen LogP contribution in [0.15, 0.2) is 18.2 Å². The largest absolute Gasteiger partial charge is 0.382 e. The Kier molecular flexibility index (Phi) is 3.57. The van der Waals surface area contributed by atoms with Crippen molar-refractivity contribution in [1.82, 2.24) is 9.66 Å². The van der Waals surface area contributed by atoms with Gasteiger partial charge in [0, 0.05) is 11.5 Å². The van der Waals surface area contributed by atoms with Crippen molar-refractivity contribution in [3.05, 3.63) is 35.4 Å². The second kappa shape index (κ2) is 5.39. The lowest BCUT2D eigenvalue weighted by atomic mass is 9.89. The Morgan fingerprint density at radius 1 is 1.24 bits per heavy atom. The molecule has 1 saturated carbocycles. The van der Waals surface area contributed by atoms with Crippen LogP contribution in [0.4, 0.5) is 10.2 Å². The van der Waals surface area contributed by atoms with Crippen LogP contribution >= 0.6 is 0 Å². The Hall–Kier alpha value is -2.04. The summed E-state index contributed by atoms with van der Waals surface area (Å²) in [5, 5.41) is 0. The molecular formula is C16H21FN4. The average Bonchev–Trinajstić information content (AvgIpc) is 2.77. The van der Waals surface area contributed by atoms with E-state index in [1.807, 2.05) is 6.92 Å². The summed E-state index contributed by atoms with van der Waals surface area (Å²) in [6.45, 7) is 1.85. The van der Waals surface area contributed by atoms with E-state index in [0.717, 1.165) is 29.8 Å². The van der Waals surface area contributed by atoms with E-state index in [9.17, 15) is 4.39 Å². The maximum absolute atomic E-state index is 13.3. The molecule has 1 fully saturated rings. The molecule has 4 N–H and O–H groups in total. The molecule has 0 radical (unpaired) electrons. The summed E-state index contributed by atoms with van der Waals surface area (Å²) in [7, 11) is 0. The zero-order valence-electron chi connectivity index (χ0n) is 12.3. The summed E-state index contributed by atoms with van der Waals surface area (Å²) in [6.07, 6.45) is 5.91. The van der Waals surface area contributed by atoms with Crippen LogP contribution in [0.5, 0.6) is 0 Å². The molecule has 1 aromatic carbocycles. The van der Waals surface area contributed by atoms with E-state index in [0.29, 0.717) is 17.4 Å². The first-order valence-corrected chi connectivity index (χ1v) is 7.47. The van der Waals surface area contributed by atoms with Crippen molar-refractivity contribution in [2.24, 2.45) is 0 Å². The fourth-order valence-corrected chi connectivity index (χ4v) is 3.20. The van der Waals surface area contributed by atoms with E-state index in [1.165, 1.54) is 36.1 Å². The third kappa shape index (κ3) is 2.48. The SMILES string of the molecule is Cc1cc(F)ccc1-c1nc(C2CCCCC2)n(N)c1N. The summed E-state index contributed by atoms with van der Waals surface area (Å²) in [5.74, 6) is 7.53. The molecule has 2 aromatic rings. The third-order valence-corrected chi connectivity index (χ3v) is 4.39. The monoisotopic (exact) mass is 288 g/mol. The molecule has 0 unspecified atom stereocenters. The van der Waals surface area contributed by atoms with Crippen LogP contribution in [0, 0.1) is 12.7 Å². The summed E-state index contributed by atoms with van der Waals surface area (Å²) in [6, 6.07) is 4.64. The number of hydrogen-bond donors (Lipinski definition) is 2. The Bertz CT molecular complexity index is 657. The first-order chi connectivity index (χ1) is 10.1. The zero-order valence-corrected chi connectivity index (χ0v) is 12.3. The molecular weight excluding hydrogens is 267 g/mol. The zero-order chi connectivity index (χ0) is 15.0. The van der Waals surface area contributed by atoms with Gasteiger partial charge in [0.1, 0.15) is 17.3 Å². The lowest BCUT2D eigenvalue weighted by Crippen LogP contribution is -2.19. The molecule has 5 heteroatoms. The number of rotatable bonds is 2. The van der Waals surface area contributed by atoms with Gasteiger partial charge in [0.2, 0.25) is 0 Å². The van der Waals surface area contributed by atoms with Crippen LogP contribution in [0.1, 0.15) is 49.4 Å².